The molecule has 1 unspecified atom stereocenters. The van der Waals surface area contributed by atoms with Crippen molar-refractivity contribution in [2.75, 3.05) is 40.0 Å². The number of nitrogens with zero attached hydrogens (tertiary/aromatic N) is 1. The van der Waals surface area contributed by atoms with Crippen LogP contribution in [0.15, 0.2) is 23.2 Å². The van der Waals surface area contributed by atoms with E-state index < -0.39 is 6.61 Å². The van der Waals surface area contributed by atoms with Gasteiger partial charge in [-0.05, 0) is 44.4 Å². The first-order valence-electron chi connectivity index (χ1n) is 9.95. The predicted octanol–water partition coefficient (Wildman–Crippen LogP) is 3.56. The van der Waals surface area contributed by atoms with Crippen molar-refractivity contribution >= 4 is 29.9 Å². The van der Waals surface area contributed by atoms with Crippen LogP contribution in [0.5, 0.6) is 11.5 Å². The fourth-order valence-electron chi connectivity index (χ4n) is 2.89. The van der Waals surface area contributed by atoms with Gasteiger partial charge in [0.25, 0.3) is 0 Å². The summed E-state index contributed by atoms with van der Waals surface area (Å²) in [6, 6.07) is 4.68. The second kappa shape index (κ2) is 15.4. The van der Waals surface area contributed by atoms with Gasteiger partial charge in [-0.15, -0.1) is 24.0 Å². The van der Waals surface area contributed by atoms with Gasteiger partial charge in [0, 0.05) is 31.9 Å². The van der Waals surface area contributed by atoms with Gasteiger partial charge in [-0.2, -0.15) is 8.78 Å². The van der Waals surface area contributed by atoms with Crippen LogP contribution < -0.4 is 20.1 Å². The number of ether oxygens (including phenoxy) is 4. The third kappa shape index (κ3) is 10.1. The third-order valence-corrected chi connectivity index (χ3v) is 4.32. The maximum atomic E-state index is 12.6. The Kier molecular flexibility index (Phi) is 13.7. The molecule has 1 saturated heterocycles. The summed E-state index contributed by atoms with van der Waals surface area (Å²) in [6.07, 6.45) is 3.22. The third-order valence-electron chi connectivity index (χ3n) is 4.32. The van der Waals surface area contributed by atoms with Crippen molar-refractivity contribution < 1.29 is 27.7 Å². The molecule has 30 heavy (non-hydrogen) atoms. The molecule has 0 spiro atoms. The van der Waals surface area contributed by atoms with Gasteiger partial charge in [-0.25, -0.2) is 4.99 Å². The fourth-order valence-corrected chi connectivity index (χ4v) is 2.89. The molecule has 10 heteroatoms. The first-order valence-corrected chi connectivity index (χ1v) is 9.95. The van der Waals surface area contributed by atoms with E-state index in [4.69, 9.17) is 14.2 Å². The van der Waals surface area contributed by atoms with Gasteiger partial charge < -0.3 is 29.6 Å². The Bertz CT molecular complexity index is 632. The largest absolute Gasteiger partial charge is 0.497 e. The molecule has 1 aromatic rings. The summed E-state index contributed by atoms with van der Waals surface area (Å²) in [5.41, 5.74) is 0.516. The van der Waals surface area contributed by atoms with E-state index in [-0.39, 0.29) is 42.4 Å². The SMILES string of the molecule is CCNC(=NCc1cc(OC)ccc1OC(F)F)NCCCOCC1CCCO1.I. The van der Waals surface area contributed by atoms with E-state index >= 15 is 0 Å². The molecule has 1 aliphatic rings. The Morgan fingerprint density at radius 2 is 2.17 bits per heavy atom. The van der Waals surface area contributed by atoms with Crippen molar-refractivity contribution in [1.29, 1.82) is 0 Å². The van der Waals surface area contributed by atoms with Crippen LogP contribution in [0.1, 0.15) is 31.7 Å². The maximum absolute atomic E-state index is 12.6. The normalized spacial score (nSPS) is 16.3. The van der Waals surface area contributed by atoms with E-state index in [1.807, 2.05) is 6.92 Å². The number of hydrogen-bond acceptors (Lipinski definition) is 5. The number of nitrogens with one attached hydrogen (secondary N) is 2. The minimum Gasteiger partial charge on any atom is -0.497 e. The molecule has 0 bridgehead atoms. The van der Waals surface area contributed by atoms with Crippen LogP contribution in [0.2, 0.25) is 0 Å². The number of halogens is 3. The number of methoxy groups -OCH3 is 1. The van der Waals surface area contributed by atoms with Gasteiger partial charge in [-0.1, -0.05) is 0 Å². The lowest BCUT2D eigenvalue weighted by molar-refractivity contribution is -0.0504. The van der Waals surface area contributed by atoms with Gasteiger partial charge in [0.2, 0.25) is 0 Å². The first-order chi connectivity index (χ1) is 14.1. The number of benzene rings is 1. The number of alkyl halides is 2. The molecule has 0 aliphatic carbocycles. The zero-order chi connectivity index (χ0) is 20.9. The van der Waals surface area contributed by atoms with Crippen molar-refractivity contribution in [2.24, 2.45) is 4.99 Å². The molecule has 1 aromatic carbocycles. The lowest BCUT2D eigenvalue weighted by Crippen LogP contribution is -2.38. The standard InChI is InChI=1S/C20H31F2N3O4.HI/c1-3-23-20(24-9-5-10-27-14-17-6-4-11-28-17)25-13-15-12-16(26-2)7-8-18(15)29-19(21)22;/h7-8,12,17,19H,3-6,9-11,13-14H2,1-2H3,(H2,23,24,25);1H. The summed E-state index contributed by atoms with van der Waals surface area (Å²) in [4.78, 5) is 4.46. The van der Waals surface area contributed by atoms with Crippen LogP contribution in [-0.2, 0) is 16.0 Å². The highest BCUT2D eigenvalue weighted by Gasteiger charge is 2.15. The van der Waals surface area contributed by atoms with Crippen LogP contribution in [0.3, 0.4) is 0 Å². The minimum absolute atomic E-state index is 0. The van der Waals surface area contributed by atoms with Crippen LogP contribution in [-0.4, -0.2) is 58.7 Å². The quantitative estimate of drug-likeness (QED) is 0.182. The average molecular weight is 543 g/mol. The molecular weight excluding hydrogens is 511 g/mol. The smallest absolute Gasteiger partial charge is 0.387 e. The summed E-state index contributed by atoms with van der Waals surface area (Å²) < 4.78 is 46.2. The summed E-state index contributed by atoms with van der Waals surface area (Å²) in [6.45, 7) is 2.69. The first kappa shape index (κ1) is 26.6. The summed E-state index contributed by atoms with van der Waals surface area (Å²) in [7, 11) is 1.52. The number of aliphatic imine (C=N–C) groups is 1. The van der Waals surface area contributed by atoms with Crippen LogP contribution in [0.25, 0.3) is 0 Å². The van der Waals surface area contributed by atoms with Gasteiger partial charge >= 0.3 is 6.61 Å². The molecule has 1 fully saturated rings. The molecule has 7 nitrogen and oxygen atoms in total. The Hall–Kier alpha value is -1.40. The van der Waals surface area contributed by atoms with E-state index in [0.29, 0.717) is 43.6 Å². The lowest BCUT2D eigenvalue weighted by Gasteiger charge is -2.14. The molecule has 0 radical (unpaired) electrons. The summed E-state index contributed by atoms with van der Waals surface area (Å²) in [5, 5.41) is 6.35. The summed E-state index contributed by atoms with van der Waals surface area (Å²) >= 11 is 0. The Morgan fingerprint density at radius 1 is 1.33 bits per heavy atom. The van der Waals surface area contributed by atoms with E-state index in [1.54, 1.807) is 12.1 Å². The van der Waals surface area contributed by atoms with E-state index in [2.05, 4.69) is 20.4 Å². The Morgan fingerprint density at radius 3 is 2.83 bits per heavy atom. The van der Waals surface area contributed by atoms with Crippen LogP contribution >= 0.6 is 24.0 Å². The van der Waals surface area contributed by atoms with Crippen LogP contribution in [0.4, 0.5) is 8.78 Å². The molecule has 2 rings (SSSR count). The highest BCUT2D eigenvalue weighted by molar-refractivity contribution is 14.0. The van der Waals surface area contributed by atoms with Crippen molar-refractivity contribution in [3.63, 3.8) is 0 Å². The fraction of sp³-hybridized carbons (Fsp3) is 0.650. The van der Waals surface area contributed by atoms with Crippen molar-refractivity contribution in [1.82, 2.24) is 10.6 Å². The van der Waals surface area contributed by atoms with Gasteiger partial charge in [-0.3, -0.25) is 0 Å². The molecule has 0 aromatic heterocycles. The maximum Gasteiger partial charge on any atom is 0.387 e. The monoisotopic (exact) mass is 543 g/mol. The molecule has 1 atom stereocenters. The molecular formula is C20H32F2IN3O4. The topological polar surface area (TPSA) is 73.3 Å². The highest BCUT2D eigenvalue weighted by Crippen LogP contribution is 2.26. The highest BCUT2D eigenvalue weighted by atomic mass is 127. The lowest BCUT2D eigenvalue weighted by atomic mass is 10.2. The molecule has 1 aliphatic heterocycles. The number of rotatable bonds is 12. The minimum atomic E-state index is -2.90. The van der Waals surface area contributed by atoms with E-state index in [9.17, 15) is 8.78 Å². The molecule has 0 saturated carbocycles. The van der Waals surface area contributed by atoms with Crippen molar-refractivity contribution in [2.45, 2.75) is 45.4 Å². The second-order valence-electron chi connectivity index (χ2n) is 6.54. The van der Waals surface area contributed by atoms with Crippen LogP contribution in [0, 0.1) is 0 Å². The molecule has 172 valence electrons. The molecule has 2 N–H and O–H groups in total. The van der Waals surface area contributed by atoms with Crippen molar-refractivity contribution in [3.8, 4) is 11.5 Å². The predicted molar refractivity (Wildman–Crippen MR) is 122 cm³/mol. The summed E-state index contributed by atoms with van der Waals surface area (Å²) in [5.74, 6) is 1.23. The number of guanidine groups is 1. The zero-order valence-electron chi connectivity index (χ0n) is 17.5. The van der Waals surface area contributed by atoms with E-state index in [0.717, 1.165) is 25.9 Å². The zero-order valence-corrected chi connectivity index (χ0v) is 19.8. The number of hydrogen-bond donors (Lipinski definition) is 2. The van der Waals surface area contributed by atoms with Crippen molar-refractivity contribution in [3.05, 3.63) is 23.8 Å². The van der Waals surface area contributed by atoms with Gasteiger partial charge in [0.1, 0.15) is 11.5 Å². The average Bonchev–Trinajstić information content (AvgIpc) is 3.22. The Labute approximate surface area is 193 Å². The second-order valence-corrected chi connectivity index (χ2v) is 6.54. The van der Waals surface area contributed by atoms with Gasteiger partial charge in [0.15, 0.2) is 5.96 Å². The van der Waals surface area contributed by atoms with Gasteiger partial charge in [0.05, 0.1) is 26.4 Å². The molecule has 1 heterocycles. The molecule has 0 amide bonds. The van der Waals surface area contributed by atoms with E-state index in [1.165, 1.54) is 13.2 Å². The Balaban J connectivity index is 0.00000450.